The summed E-state index contributed by atoms with van der Waals surface area (Å²) >= 11 is 0. The van der Waals surface area contributed by atoms with Crippen LogP contribution in [0.3, 0.4) is 0 Å². The van der Waals surface area contributed by atoms with Crippen LogP contribution < -0.4 is 0 Å². The van der Waals surface area contributed by atoms with Gasteiger partial charge in [0.25, 0.3) is 0 Å². The minimum absolute atomic E-state index is 0. The van der Waals surface area contributed by atoms with Crippen LogP contribution in [-0.2, 0) is 71.5 Å². The van der Waals surface area contributed by atoms with Crippen LogP contribution in [0.2, 0.25) is 0 Å². The van der Waals surface area contributed by atoms with E-state index >= 15 is 0 Å². The Morgan fingerprint density at radius 2 is 0.633 bits per heavy atom. The zero-order valence-corrected chi connectivity index (χ0v) is 87.8. The van der Waals surface area contributed by atoms with Crippen molar-refractivity contribution in [2.75, 3.05) is 0 Å². The first-order valence-electron chi connectivity index (χ1n) is 52.3. The van der Waals surface area contributed by atoms with Crippen LogP contribution in [0.25, 0.3) is 33.9 Å². The molecule has 6 heteroatoms. The van der Waals surface area contributed by atoms with E-state index in [1.54, 1.807) is 4.70 Å². The van der Waals surface area contributed by atoms with Gasteiger partial charge in [0.2, 0.25) is 22.8 Å². The molecule has 714 valence electrons. The fourth-order valence-corrected chi connectivity index (χ4v) is 17.3. The number of benzene rings is 6. The summed E-state index contributed by atoms with van der Waals surface area (Å²) in [6.07, 6.45) is 73.4. The van der Waals surface area contributed by atoms with Gasteiger partial charge in [-0.05, 0) is 260 Å². The van der Waals surface area contributed by atoms with Crippen LogP contribution in [0, 0.1) is 93.2 Å². The fourth-order valence-electron chi connectivity index (χ4n) is 17.3. The normalized spacial score (nSPS) is 12.1. The summed E-state index contributed by atoms with van der Waals surface area (Å²) in [5, 5.41) is 0. The monoisotopic (exact) mass is 1820 g/mol. The Kier molecular flexibility index (Phi) is 71.3. The standard InChI is InChI=1S/C51H80N2.C49H74N2.2C7H7.2C4H9.2Ni/c1-8-11-14-15-16-17-18-19-20-21-22-23-24-25-26-27-28-29-32-33-45-40-50(46-36-41(4)48(42(5)37-46)34-30-12-9-2)53(52)51(45)47-38-43(6)49(44(7)39-47)35-31-13-10-3;1-9-15-20-25-29-40-34-44(35-41(38(40)7)30-26-21-16-10-2)48-46(14-6)47(33-24-19-13-5)49(51(48)50)45-36-42(31-27-22-17-11-3)39(8)43(37-45)32-28-23-18-12-4;2*1-7-5-3-2-4-6-7;2*1-3-4-2;;/h32-33,36-40H,8-31,34-35H2,1-7H3;34-37H,9-23,25-32H2,1-8H3;2*3-6H,1H3;2*1,3-4H2,2H3;;/q;;4*-1;2*+2. The van der Waals surface area contributed by atoms with Crippen molar-refractivity contribution >= 4 is 22.8 Å². The first kappa shape index (κ1) is 120. The van der Waals surface area contributed by atoms with E-state index in [1.165, 1.54) is 351 Å². The summed E-state index contributed by atoms with van der Waals surface area (Å²) in [6.45, 7) is 49.7. The maximum Gasteiger partial charge on any atom is 2.00 e. The molecular formula is C122H186N4Ni2. The fraction of sp³-hybridized carbons (Fsp3) is 0.590. The largest absolute Gasteiger partial charge is 2.00 e. The van der Waals surface area contributed by atoms with Gasteiger partial charge in [0.05, 0.1) is 5.57 Å². The number of unbranched alkanes of at least 4 members (excludes halogenated alkanes) is 36. The number of nitrogens with zero attached hydrogens (tertiary/aromatic N) is 4. The first-order chi connectivity index (χ1) is 61.3. The maximum absolute atomic E-state index is 12.5. The molecule has 0 atom stereocenters. The van der Waals surface area contributed by atoms with Gasteiger partial charge in [-0.25, -0.2) is 9.39 Å². The van der Waals surface area contributed by atoms with E-state index in [-0.39, 0.29) is 33.0 Å². The second kappa shape index (κ2) is 76.2. The molecule has 0 saturated carbocycles. The van der Waals surface area contributed by atoms with E-state index in [0.717, 1.165) is 133 Å². The molecule has 6 aromatic rings. The Morgan fingerprint density at radius 3 is 0.945 bits per heavy atom. The summed E-state index contributed by atoms with van der Waals surface area (Å²) in [4.78, 5) is 0. The van der Waals surface area contributed by atoms with Crippen LogP contribution in [0.15, 0.2) is 132 Å². The zero-order valence-electron chi connectivity index (χ0n) is 85.8. The second-order valence-electron chi connectivity index (χ2n) is 36.8. The molecule has 0 unspecified atom stereocenters. The molecular weight excluding hydrogens is 1640 g/mol. The van der Waals surface area contributed by atoms with E-state index in [2.05, 4.69) is 236 Å². The van der Waals surface area contributed by atoms with Crippen molar-refractivity contribution in [2.24, 2.45) is 0 Å². The van der Waals surface area contributed by atoms with Crippen LogP contribution in [0.1, 0.15) is 478 Å². The molecule has 0 spiro atoms. The van der Waals surface area contributed by atoms with Crippen molar-refractivity contribution < 1.29 is 42.4 Å². The third kappa shape index (κ3) is 46.9. The Bertz CT molecular complexity index is 4020. The molecule has 8 rings (SSSR count). The number of allylic oxidation sites excluding steroid dienone is 6. The third-order valence-corrected chi connectivity index (χ3v) is 25.5. The summed E-state index contributed by atoms with van der Waals surface area (Å²) in [7, 11) is 0. The summed E-state index contributed by atoms with van der Waals surface area (Å²) in [5.74, 6) is 7.15. The maximum atomic E-state index is 12.5. The molecule has 0 aromatic heterocycles. The van der Waals surface area contributed by atoms with Gasteiger partial charge < -0.3 is 24.9 Å². The van der Waals surface area contributed by atoms with Gasteiger partial charge in [-0.1, -0.05) is 332 Å². The summed E-state index contributed by atoms with van der Waals surface area (Å²) in [6, 6.07) is 40.5. The molecule has 0 saturated heterocycles. The van der Waals surface area contributed by atoms with Gasteiger partial charge in [0.1, 0.15) is 5.57 Å². The molecule has 6 aromatic carbocycles. The predicted molar refractivity (Wildman–Crippen MR) is 559 cm³/mol. The molecule has 2 aliphatic rings. The van der Waals surface area contributed by atoms with Crippen molar-refractivity contribution in [1.29, 1.82) is 0 Å². The van der Waals surface area contributed by atoms with Gasteiger partial charge >= 0.3 is 33.0 Å². The summed E-state index contributed by atoms with van der Waals surface area (Å²) in [5.41, 5.74) is 55.4. The Labute approximate surface area is 812 Å². The summed E-state index contributed by atoms with van der Waals surface area (Å²) < 4.78 is 3.04. The van der Waals surface area contributed by atoms with E-state index in [9.17, 15) is 11.1 Å². The average Bonchev–Trinajstić information content (AvgIpc) is 1.60. The van der Waals surface area contributed by atoms with E-state index in [4.69, 9.17) is 0 Å². The van der Waals surface area contributed by atoms with Gasteiger partial charge in [0.15, 0.2) is 0 Å². The zero-order chi connectivity index (χ0) is 92.3. The van der Waals surface area contributed by atoms with Gasteiger partial charge in [-0.3, -0.25) is 0 Å². The molecule has 128 heavy (non-hydrogen) atoms. The van der Waals surface area contributed by atoms with E-state index in [0.29, 0.717) is 0 Å². The van der Waals surface area contributed by atoms with Gasteiger partial charge in [-0.2, -0.15) is 84.6 Å². The third-order valence-electron chi connectivity index (χ3n) is 25.5. The number of aryl methyl sites for hydroxylation is 10. The first-order valence-corrected chi connectivity index (χ1v) is 52.3. The quantitative estimate of drug-likeness (QED) is 0.0120. The van der Waals surface area contributed by atoms with Crippen molar-refractivity contribution in [1.82, 2.24) is 0 Å². The molecule has 0 aliphatic carbocycles. The number of rotatable bonds is 55. The second-order valence-corrected chi connectivity index (χ2v) is 36.8. The Hall–Kier alpha value is -6.23. The minimum atomic E-state index is 0. The Morgan fingerprint density at radius 1 is 0.336 bits per heavy atom. The van der Waals surface area contributed by atoms with Gasteiger partial charge in [-0.15, -0.1) is 0 Å². The van der Waals surface area contributed by atoms with E-state index in [1.807, 2.05) is 48.5 Å². The predicted octanol–water partition coefficient (Wildman–Crippen LogP) is 38.8. The number of hydrogen-bond donors (Lipinski definition) is 0. The SMILES string of the molecule is CCCC#CC1=C(c2cc(CCCCCC)c(C)c(CCCCCC)c2)[N+](=[N-])C(c2cc(CCCCCC)c(C)c(CCCCCC)c2)=C1CC.CCCCCCCCCCCCCCCCCCCC=CC1=C(c2cc(C)c(CCCCC)c(C)c2)[N+](=[N-])C(c2cc(C)c(CCCCC)c(C)c2)=C1.Cc1cc[c-]cc1.Cc1cc[c-]cc1.[CH2-]CCC.[CH2-]CCC.[Ni+2].[Ni+2]. The van der Waals surface area contributed by atoms with Crippen LogP contribution in [-0.4, -0.2) is 9.39 Å². The van der Waals surface area contributed by atoms with Crippen molar-refractivity contribution in [3.05, 3.63) is 269 Å². The molecule has 4 nitrogen and oxygen atoms in total. The minimum Gasteiger partial charge on any atom is -0.493 e. The Balaban J connectivity index is 0.00000101. The van der Waals surface area contributed by atoms with Crippen LogP contribution >= 0.6 is 0 Å². The molecule has 0 N–H and O–H groups in total. The molecule has 0 amide bonds. The van der Waals surface area contributed by atoms with Crippen molar-refractivity contribution in [3.8, 4) is 11.8 Å². The van der Waals surface area contributed by atoms with Crippen molar-refractivity contribution in [3.63, 3.8) is 0 Å². The van der Waals surface area contributed by atoms with Crippen LogP contribution in [0.5, 0.6) is 0 Å². The average molecular weight is 1830 g/mol. The van der Waals surface area contributed by atoms with Gasteiger partial charge in [0, 0.05) is 40.3 Å². The molecule has 2 aliphatic heterocycles. The topological polar surface area (TPSA) is 50.6 Å². The molecule has 0 radical (unpaired) electrons. The van der Waals surface area contributed by atoms with E-state index < -0.39 is 0 Å². The molecule has 0 bridgehead atoms. The molecule has 0 fully saturated rings. The molecule has 2 heterocycles. The van der Waals surface area contributed by atoms with Crippen LogP contribution in [0.4, 0.5) is 0 Å². The smallest absolute Gasteiger partial charge is 0.493 e. The van der Waals surface area contributed by atoms with Crippen molar-refractivity contribution in [2.45, 2.75) is 472 Å². The number of hydrogen-bond acceptors (Lipinski definition) is 0.